The molecule has 0 bridgehead atoms. The normalized spacial score (nSPS) is 16.4. The zero-order chi connectivity index (χ0) is 14.4. The van der Waals surface area contributed by atoms with Crippen molar-refractivity contribution in [3.05, 3.63) is 35.4 Å². The van der Waals surface area contributed by atoms with E-state index in [2.05, 4.69) is 30.1 Å². The predicted octanol–water partition coefficient (Wildman–Crippen LogP) is 1.90. The highest BCUT2D eigenvalue weighted by molar-refractivity contribution is 5.94. The van der Waals surface area contributed by atoms with Gasteiger partial charge in [0.25, 0.3) is 5.91 Å². The van der Waals surface area contributed by atoms with E-state index < -0.39 is 0 Å². The lowest BCUT2D eigenvalue weighted by Gasteiger charge is -2.26. The van der Waals surface area contributed by atoms with Crippen molar-refractivity contribution in [2.75, 3.05) is 32.8 Å². The van der Waals surface area contributed by atoms with E-state index in [4.69, 9.17) is 4.74 Å². The Morgan fingerprint density at radius 2 is 2.10 bits per heavy atom. The first-order valence-corrected chi connectivity index (χ1v) is 7.32. The Morgan fingerprint density at radius 3 is 2.80 bits per heavy atom. The highest BCUT2D eigenvalue weighted by Gasteiger charge is 2.12. The smallest absolute Gasteiger partial charge is 0.251 e. The molecule has 0 radical (unpaired) electrons. The van der Waals surface area contributed by atoms with Gasteiger partial charge in [-0.1, -0.05) is 26.0 Å². The lowest BCUT2D eigenvalue weighted by atomic mass is 10.1. The third-order valence-corrected chi connectivity index (χ3v) is 3.37. The van der Waals surface area contributed by atoms with Crippen LogP contribution < -0.4 is 5.32 Å². The Balaban J connectivity index is 1.94. The maximum absolute atomic E-state index is 12.0. The SMILES string of the molecule is CC(C)CNC(=O)c1cccc(CN2CCOCC2)c1. The molecule has 0 saturated carbocycles. The van der Waals surface area contributed by atoms with Crippen LogP contribution in [0.4, 0.5) is 0 Å². The Morgan fingerprint density at radius 1 is 1.35 bits per heavy atom. The van der Waals surface area contributed by atoms with Crippen molar-refractivity contribution in [2.24, 2.45) is 5.92 Å². The van der Waals surface area contributed by atoms with Gasteiger partial charge in [-0.25, -0.2) is 0 Å². The van der Waals surface area contributed by atoms with Crippen molar-refractivity contribution in [2.45, 2.75) is 20.4 Å². The molecule has 1 aromatic carbocycles. The van der Waals surface area contributed by atoms with Gasteiger partial charge in [-0.3, -0.25) is 9.69 Å². The lowest BCUT2D eigenvalue weighted by molar-refractivity contribution is 0.0342. The Labute approximate surface area is 121 Å². The van der Waals surface area contributed by atoms with E-state index in [1.165, 1.54) is 5.56 Å². The van der Waals surface area contributed by atoms with E-state index in [1.807, 2.05) is 18.2 Å². The summed E-state index contributed by atoms with van der Waals surface area (Å²) in [6, 6.07) is 7.90. The van der Waals surface area contributed by atoms with E-state index >= 15 is 0 Å². The molecule has 0 atom stereocenters. The van der Waals surface area contributed by atoms with E-state index in [0.717, 1.165) is 38.4 Å². The standard InChI is InChI=1S/C16H24N2O2/c1-13(2)11-17-16(19)15-5-3-4-14(10-15)12-18-6-8-20-9-7-18/h3-5,10,13H,6-9,11-12H2,1-2H3,(H,17,19). The maximum atomic E-state index is 12.0. The fourth-order valence-electron chi connectivity index (χ4n) is 2.23. The van der Waals surface area contributed by atoms with Gasteiger partial charge in [0.2, 0.25) is 0 Å². The summed E-state index contributed by atoms with van der Waals surface area (Å²) in [5, 5.41) is 2.96. The average molecular weight is 276 g/mol. The molecule has 1 fully saturated rings. The number of amides is 1. The second-order valence-corrected chi connectivity index (χ2v) is 5.69. The third-order valence-electron chi connectivity index (χ3n) is 3.37. The second-order valence-electron chi connectivity index (χ2n) is 5.69. The van der Waals surface area contributed by atoms with E-state index in [0.29, 0.717) is 12.5 Å². The predicted molar refractivity (Wildman–Crippen MR) is 79.7 cm³/mol. The van der Waals surface area contributed by atoms with E-state index in [1.54, 1.807) is 0 Å². The van der Waals surface area contributed by atoms with Crippen molar-refractivity contribution in [3.63, 3.8) is 0 Å². The van der Waals surface area contributed by atoms with Crippen molar-refractivity contribution in [1.29, 1.82) is 0 Å². The molecule has 20 heavy (non-hydrogen) atoms. The molecule has 2 rings (SSSR count). The monoisotopic (exact) mass is 276 g/mol. The van der Waals surface area contributed by atoms with Crippen LogP contribution in [0.5, 0.6) is 0 Å². The number of benzene rings is 1. The molecule has 0 spiro atoms. The first kappa shape index (κ1) is 15.0. The van der Waals surface area contributed by atoms with Crippen LogP contribution in [-0.4, -0.2) is 43.7 Å². The molecule has 0 aromatic heterocycles. The van der Waals surface area contributed by atoms with E-state index in [-0.39, 0.29) is 5.91 Å². The second kappa shape index (κ2) is 7.41. The number of carbonyl (C=O) groups excluding carboxylic acids is 1. The summed E-state index contributed by atoms with van der Waals surface area (Å²) in [6.07, 6.45) is 0. The van der Waals surface area contributed by atoms with Gasteiger partial charge in [-0.15, -0.1) is 0 Å². The number of nitrogens with zero attached hydrogens (tertiary/aromatic N) is 1. The molecule has 1 N–H and O–H groups in total. The summed E-state index contributed by atoms with van der Waals surface area (Å²) in [6.45, 7) is 9.31. The molecule has 0 aliphatic carbocycles. The zero-order valence-electron chi connectivity index (χ0n) is 12.4. The maximum Gasteiger partial charge on any atom is 0.251 e. The first-order chi connectivity index (χ1) is 9.65. The van der Waals surface area contributed by atoms with E-state index in [9.17, 15) is 4.79 Å². The fraction of sp³-hybridized carbons (Fsp3) is 0.562. The van der Waals surface area contributed by atoms with Crippen LogP contribution in [0.25, 0.3) is 0 Å². The van der Waals surface area contributed by atoms with Crippen molar-refractivity contribution in [3.8, 4) is 0 Å². The summed E-state index contributed by atoms with van der Waals surface area (Å²) >= 11 is 0. The summed E-state index contributed by atoms with van der Waals surface area (Å²) in [4.78, 5) is 14.4. The molecular weight excluding hydrogens is 252 g/mol. The minimum Gasteiger partial charge on any atom is -0.379 e. The highest BCUT2D eigenvalue weighted by Crippen LogP contribution is 2.10. The number of hydrogen-bond donors (Lipinski definition) is 1. The first-order valence-electron chi connectivity index (χ1n) is 7.32. The summed E-state index contributed by atoms with van der Waals surface area (Å²) in [7, 11) is 0. The van der Waals surface area contributed by atoms with Gasteiger partial charge in [-0.2, -0.15) is 0 Å². The largest absolute Gasteiger partial charge is 0.379 e. The molecule has 4 heteroatoms. The molecular formula is C16H24N2O2. The minimum atomic E-state index is 0.0162. The fourth-order valence-corrected chi connectivity index (χ4v) is 2.23. The molecule has 1 aliphatic rings. The lowest BCUT2D eigenvalue weighted by Crippen LogP contribution is -2.35. The molecule has 1 aliphatic heterocycles. The number of morpholine rings is 1. The zero-order valence-corrected chi connectivity index (χ0v) is 12.4. The Kier molecular flexibility index (Phi) is 5.56. The van der Waals surface area contributed by atoms with Crippen molar-refractivity contribution >= 4 is 5.91 Å². The number of carbonyl (C=O) groups is 1. The van der Waals surface area contributed by atoms with Crippen LogP contribution in [0.1, 0.15) is 29.8 Å². The summed E-state index contributed by atoms with van der Waals surface area (Å²) < 4.78 is 5.35. The number of ether oxygens (including phenoxy) is 1. The van der Waals surface area contributed by atoms with Crippen LogP contribution in [0.3, 0.4) is 0 Å². The minimum absolute atomic E-state index is 0.0162. The molecule has 1 heterocycles. The molecule has 4 nitrogen and oxygen atoms in total. The Bertz CT molecular complexity index is 440. The van der Waals surface area contributed by atoms with Crippen LogP contribution in [0.15, 0.2) is 24.3 Å². The topological polar surface area (TPSA) is 41.6 Å². The third kappa shape index (κ3) is 4.62. The van der Waals surface area contributed by atoms with Gasteiger partial charge in [0.1, 0.15) is 0 Å². The van der Waals surface area contributed by atoms with Gasteiger partial charge >= 0.3 is 0 Å². The van der Waals surface area contributed by atoms with Crippen LogP contribution >= 0.6 is 0 Å². The van der Waals surface area contributed by atoms with Gasteiger partial charge in [-0.05, 0) is 23.6 Å². The summed E-state index contributed by atoms with van der Waals surface area (Å²) in [5.41, 5.74) is 1.93. The number of nitrogens with one attached hydrogen (secondary N) is 1. The van der Waals surface area contributed by atoms with Crippen LogP contribution in [0.2, 0.25) is 0 Å². The van der Waals surface area contributed by atoms with Crippen molar-refractivity contribution < 1.29 is 9.53 Å². The van der Waals surface area contributed by atoms with Crippen LogP contribution in [-0.2, 0) is 11.3 Å². The molecule has 1 amide bonds. The van der Waals surface area contributed by atoms with Crippen molar-refractivity contribution in [1.82, 2.24) is 10.2 Å². The van der Waals surface area contributed by atoms with Gasteiger partial charge < -0.3 is 10.1 Å². The quantitative estimate of drug-likeness (QED) is 0.893. The average Bonchev–Trinajstić information content (AvgIpc) is 2.46. The van der Waals surface area contributed by atoms with Crippen LogP contribution in [0, 0.1) is 5.92 Å². The van der Waals surface area contributed by atoms with Gasteiger partial charge in [0, 0.05) is 31.7 Å². The molecule has 0 unspecified atom stereocenters. The molecule has 110 valence electrons. The molecule has 1 saturated heterocycles. The van der Waals surface area contributed by atoms with Gasteiger partial charge in [0.15, 0.2) is 0 Å². The van der Waals surface area contributed by atoms with Gasteiger partial charge in [0.05, 0.1) is 13.2 Å². The number of rotatable bonds is 5. The molecule has 1 aromatic rings. The summed E-state index contributed by atoms with van der Waals surface area (Å²) in [5.74, 6) is 0.484. The highest BCUT2D eigenvalue weighted by atomic mass is 16.5. The Hall–Kier alpha value is -1.39. The number of hydrogen-bond acceptors (Lipinski definition) is 3.